The number of thiophene rings is 1. The van der Waals surface area contributed by atoms with Crippen LogP contribution in [0.1, 0.15) is 30.5 Å². The number of benzene rings is 1. The van der Waals surface area contributed by atoms with Crippen molar-refractivity contribution >= 4 is 40.3 Å². The monoisotopic (exact) mass is 593 g/mol. The molecular formula is C27H27F4N5O4S. The average Bonchev–Trinajstić information content (AvgIpc) is 3.32. The Morgan fingerprint density at radius 3 is 2.61 bits per heavy atom. The van der Waals surface area contributed by atoms with Gasteiger partial charge in [0.15, 0.2) is 0 Å². The number of nitrogens with zero attached hydrogens (tertiary/aromatic N) is 5. The van der Waals surface area contributed by atoms with E-state index in [2.05, 4.69) is 14.9 Å². The second-order valence-electron chi connectivity index (χ2n) is 9.66. The molecule has 0 amide bonds. The Morgan fingerprint density at radius 1 is 1.17 bits per heavy atom. The third-order valence-corrected chi connectivity index (χ3v) is 7.93. The minimum atomic E-state index is -4.67. The van der Waals surface area contributed by atoms with Crippen molar-refractivity contribution in [3.8, 4) is 11.5 Å². The molecule has 1 fully saturated rings. The summed E-state index contributed by atoms with van der Waals surface area (Å²) in [5.74, 6) is -0.370. The molecule has 2 aliphatic heterocycles. The molecular weight excluding hydrogens is 566 g/mol. The van der Waals surface area contributed by atoms with Gasteiger partial charge in [-0.2, -0.15) is 17.6 Å². The molecule has 2 aliphatic rings. The molecule has 0 spiro atoms. The molecule has 0 bridgehead atoms. The number of halogens is 4. The maximum atomic E-state index is 14.9. The number of piperazine rings is 1. The van der Waals surface area contributed by atoms with Gasteiger partial charge >= 0.3 is 12.1 Å². The zero-order valence-corrected chi connectivity index (χ0v) is 23.2. The molecule has 0 saturated carbocycles. The third-order valence-electron chi connectivity index (χ3n) is 7.16. The summed E-state index contributed by atoms with van der Waals surface area (Å²) < 4.78 is 67.1. The molecule has 218 valence electrons. The number of aliphatic imine (C=N–C) groups is 1. The number of fused-ring (bicyclic) bond motifs is 1. The molecule has 2 atom stereocenters. The quantitative estimate of drug-likeness (QED) is 0.372. The van der Waals surface area contributed by atoms with E-state index in [4.69, 9.17) is 9.47 Å². The van der Waals surface area contributed by atoms with Gasteiger partial charge in [0.05, 0.1) is 56.0 Å². The number of ether oxygens (including phenoxy) is 2. The SMILES string of the molecule is COc1cncc(N2CCN(C3=Nc4c(csc4F)C(CC(=O)O)N3c3cc(C(F)(F)F)ccc3OC)CC2C)c1. The van der Waals surface area contributed by atoms with Crippen molar-refractivity contribution < 1.29 is 36.9 Å². The first kappa shape index (κ1) is 28.5. The molecule has 1 N–H and O–H groups in total. The number of anilines is 2. The first-order valence-corrected chi connectivity index (χ1v) is 13.5. The molecule has 0 radical (unpaired) electrons. The van der Waals surface area contributed by atoms with Gasteiger partial charge < -0.3 is 29.3 Å². The standard InChI is InChI=1S/C27H27F4N5O4S/c1-15-13-34(6-7-35(15)17-9-18(39-2)12-32-11-17)26-33-24-19(14-41-25(24)28)20(10-23(37)38)36(26)21-8-16(27(29,30)31)4-5-22(21)40-3/h4-5,8-9,11-12,14-15,20H,6-7,10,13H2,1-3H3,(H,37,38). The van der Waals surface area contributed by atoms with E-state index in [-0.39, 0.29) is 34.7 Å². The van der Waals surface area contributed by atoms with Crippen LogP contribution >= 0.6 is 11.3 Å². The van der Waals surface area contributed by atoms with E-state index in [1.54, 1.807) is 19.5 Å². The summed E-state index contributed by atoms with van der Waals surface area (Å²) in [4.78, 5) is 26.2. The van der Waals surface area contributed by atoms with Crippen LogP contribution in [0.25, 0.3) is 0 Å². The Morgan fingerprint density at radius 2 is 1.95 bits per heavy atom. The summed E-state index contributed by atoms with van der Waals surface area (Å²) >= 11 is 0.766. The lowest BCUT2D eigenvalue weighted by Gasteiger charge is -2.47. The summed E-state index contributed by atoms with van der Waals surface area (Å²) in [6.07, 6.45) is -1.87. The summed E-state index contributed by atoms with van der Waals surface area (Å²) in [6.45, 7) is 3.16. The van der Waals surface area contributed by atoms with Crippen molar-refractivity contribution in [2.24, 2.45) is 4.99 Å². The largest absolute Gasteiger partial charge is 0.495 e. The Bertz CT molecular complexity index is 1480. The molecule has 0 aliphatic carbocycles. The molecule has 1 saturated heterocycles. The van der Waals surface area contributed by atoms with Crippen molar-refractivity contribution in [1.29, 1.82) is 0 Å². The number of aromatic nitrogens is 1. The Hall–Kier alpha value is -4.07. The van der Waals surface area contributed by atoms with Gasteiger partial charge in [0.2, 0.25) is 11.1 Å². The molecule has 3 aromatic rings. The van der Waals surface area contributed by atoms with E-state index >= 15 is 0 Å². The predicted molar refractivity (Wildman–Crippen MR) is 146 cm³/mol. The maximum absolute atomic E-state index is 14.9. The highest BCUT2D eigenvalue weighted by atomic mass is 32.1. The molecule has 41 heavy (non-hydrogen) atoms. The van der Waals surface area contributed by atoms with Crippen LogP contribution < -0.4 is 19.3 Å². The average molecular weight is 594 g/mol. The first-order valence-electron chi connectivity index (χ1n) is 12.6. The molecule has 2 aromatic heterocycles. The van der Waals surface area contributed by atoms with Gasteiger partial charge in [0.1, 0.15) is 17.2 Å². The maximum Gasteiger partial charge on any atom is 0.416 e. The summed E-state index contributed by atoms with van der Waals surface area (Å²) in [7, 11) is 2.86. The van der Waals surface area contributed by atoms with Crippen LogP contribution in [0, 0.1) is 5.13 Å². The van der Waals surface area contributed by atoms with Crippen LogP contribution in [-0.4, -0.2) is 66.8 Å². The van der Waals surface area contributed by atoms with Crippen molar-refractivity contribution in [2.45, 2.75) is 31.6 Å². The molecule has 9 nitrogen and oxygen atoms in total. The molecule has 1 aromatic carbocycles. The van der Waals surface area contributed by atoms with Crippen LogP contribution in [0.4, 0.5) is 34.6 Å². The molecule has 4 heterocycles. The number of alkyl halides is 3. The lowest BCUT2D eigenvalue weighted by molar-refractivity contribution is -0.138. The number of carboxylic acid groups (broad SMARTS) is 1. The van der Waals surface area contributed by atoms with E-state index in [1.165, 1.54) is 23.5 Å². The summed E-state index contributed by atoms with van der Waals surface area (Å²) in [5, 5.41) is 10.7. The predicted octanol–water partition coefficient (Wildman–Crippen LogP) is 5.55. The van der Waals surface area contributed by atoms with Gasteiger partial charge in [0, 0.05) is 42.7 Å². The van der Waals surface area contributed by atoms with Crippen LogP contribution in [-0.2, 0) is 11.0 Å². The zero-order valence-electron chi connectivity index (χ0n) is 22.4. The van der Waals surface area contributed by atoms with Crippen LogP contribution in [0.15, 0.2) is 47.0 Å². The van der Waals surface area contributed by atoms with Crippen molar-refractivity contribution in [1.82, 2.24) is 9.88 Å². The molecule has 5 rings (SSSR count). The highest BCUT2D eigenvalue weighted by molar-refractivity contribution is 7.08. The summed E-state index contributed by atoms with van der Waals surface area (Å²) in [6, 6.07) is 3.69. The Balaban J connectivity index is 1.60. The fourth-order valence-electron chi connectivity index (χ4n) is 5.24. The highest BCUT2D eigenvalue weighted by Gasteiger charge is 2.41. The third kappa shape index (κ3) is 5.47. The van der Waals surface area contributed by atoms with E-state index in [0.29, 0.717) is 25.4 Å². The number of methoxy groups -OCH3 is 2. The van der Waals surface area contributed by atoms with Gasteiger partial charge in [-0.05, 0) is 25.1 Å². The summed E-state index contributed by atoms with van der Waals surface area (Å²) in [5.41, 5.74) is 0.149. The van der Waals surface area contributed by atoms with Gasteiger partial charge in [-0.3, -0.25) is 9.78 Å². The first-order chi connectivity index (χ1) is 19.5. The van der Waals surface area contributed by atoms with E-state index in [0.717, 1.165) is 29.2 Å². The van der Waals surface area contributed by atoms with Crippen LogP contribution in [0.5, 0.6) is 11.5 Å². The second kappa shape index (κ2) is 11.1. The second-order valence-corrected chi connectivity index (χ2v) is 10.5. The number of guanidine groups is 1. The lowest BCUT2D eigenvalue weighted by atomic mass is 10.00. The number of aliphatic carboxylic acids is 1. The Kier molecular flexibility index (Phi) is 7.68. The van der Waals surface area contributed by atoms with Gasteiger partial charge in [0.25, 0.3) is 0 Å². The topological polar surface area (TPSA) is 90.7 Å². The van der Waals surface area contributed by atoms with Crippen LogP contribution in [0.3, 0.4) is 0 Å². The van der Waals surface area contributed by atoms with Crippen LogP contribution in [0.2, 0.25) is 0 Å². The molecule has 2 unspecified atom stereocenters. The van der Waals surface area contributed by atoms with Gasteiger partial charge in [-0.1, -0.05) is 0 Å². The minimum absolute atomic E-state index is 0.00878. The van der Waals surface area contributed by atoms with Crippen molar-refractivity contribution in [3.63, 3.8) is 0 Å². The number of hydrogen-bond acceptors (Lipinski definition) is 9. The van der Waals surface area contributed by atoms with E-state index in [9.17, 15) is 27.5 Å². The smallest absolute Gasteiger partial charge is 0.416 e. The van der Waals surface area contributed by atoms with Gasteiger partial charge in [-0.25, -0.2) is 4.99 Å². The fourth-order valence-corrected chi connectivity index (χ4v) is 6.01. The number of rotatable bonds is 6. The van der Waals surface area contributed by atoms with E-state index in [1.807, 2.05) is 17.9 Å². The number of carboxylic acids is 1. The normalized spacial score (nSPS) is 19.1. The van der Waals surface area contributed by atoms with E-state index < -0.39 is 35.3 Å². The zero-order chi connectivity index (χ0) is 29.5. The minimum Gasteiger partial charge on any atom is -0.495 e. The fraction of sp³-hybridized carbons (Fsp3) is 0.370. The lowest BCUT2D eigenvalue weighted by Crippen LogP contribution is -2.58. The highest BCUT2D eigenvalue weighted by Crippen LogP contribution is 2.47. The number of carbonyl (C=O) groups is 1. The number of hydrogen-bond donors (Lipinski definition) is 1. The number of pyridine rings is 1. The van der Waals surface area contributed by atoms with Crippen molar-refractivity contribution in [3.05, 3.63) is 58.3 Å². The van der Waals surface area contributed by atoms with Gasteiger partial charge in [-0.15, -0.1) is 11.3 Å². The van der Waals surface area contributed by atoms with Crippen molar-refractivity contribution in [2.75, 3.05) is 43.7 Å². The Labute approximate surface area is 237 Å². The molecule has 14 heteroatoms.